The van der Waals surface area contributed by atoms with Gasteiger partial charge in [0.05, 0.1) is 13.2 Å². The van der Waals surface area contributed by atoms with Crippen molar-refractivity contribution < 1.29 is 19.4 Å². The molecule has 1 unspecified atom stereocenters. The van der Waals surface area contributed by atoms with Gasteiger partial charge in [-0.05, 0) is 12.8 Å². The number of amides is 1. The molecule has 5 nitrogen and oxygen atoms in total. The number of nitrogens with zero attached hydrogens (tertiary/aromatic N) is 1. The third-order valence-corrected chi connectivity index (χ3v) is 3.03. The Morgan fingerprint density at radius 1 is 1.40 bits per heavy atom. The van der Waals surface area contributed by atoms with Crippen LogP contribution < -0.4 is 0 Å². The standard InChI is InChI=1S/C10H15NO4/c12-9(4-7-5-15-6-7)11-3-1-2-8(11)10(13)14/h7-8H,1-6H2,(H,13,14). The smallest absolute Gasteiger partial charge is 0.326 e. The number of aliphatic carboxylic acids is 1. The molecule has 0 saturated carbocycles. The van der Waals surface area contributed by atoms with Gasteiger partial charge in [-0.2, -0.15) is 0 Å². The molecule has 1 atom stereocenters. The van der Waals surface area contributed by atoms with Gasteiger partial charge in [-0.15, -0.1) is 0 Å². The maximum Gasteiger partial charge on any atom is 0.326 e. The highest BCUT2D eigenvalue weighted by Gasteiger charge is 2.35. The first kappa shape index (κ1) is 10.4. The topological polar surface area (TPSA) is 66.8 Å². The van der Waals surface area contributed by atoms with Crippen LogP contribution in [0.4, 0.5) is 0 Å². The number of carboxylic acid groups (broad SMARTS) is 1. The first-order valence-electron chi connectivity index (χ1n) is 5.28. The van der Waals surface area contributed by atoms with Gasteiger partial charge >= 0.3 is 5.97 Å². The Morgan fingerprint density at radius 3 is 2.67 bits per heavy atom. The molecule has 2 fully saturated rings. The van der Waals surface area contributed by atoms with E-state index in [1.54, 1.807) is 0 Å². The lowest BCUT2D eigenvalue weighted by Gasteiger charge is -2.28. The van der Waals surface area contributed by atoms with E-state index in [9.17, 15) is 9.59 Å². The molecule has 1 N–H and O–H groups in total. The van der Waals surface area contributed by atoms with E-state index in [0.717, 1.165) is 6.42 Å². The van der Waals surface area contributed by atoms with Crippen LogP contribution in [0.1, 0.15) is 19.3 Å². The molecule has 0 aromatic heterocycles. The largest absolute Gasteiger partial charge is 0.480 e. The minimum Gasteiger partial charge on any atom is -0.480 e. The number of carbonyl (C=O) groups excluding carboxylic acids is 1. The zero-order chi connectivity index (χ0) is 10.8. The van der Waals surface area contributed by atoms with E-state index in [4.69, 9.17) is 9.84 Å². The summed E-state index contributed by atoms with van der Waals surface area (Å²) in [4.78, 5) is 24.1. The van der Waals surface area contributed by atoms with E-state index in [0.29, 0.717) is 38.5 Å². The summed E-state index contributed by atoms with van der Waals surface area (Å²) in [7, 11) is 0. The lowest BCUT2D eigenvalue weighted by atomic mass is 10.0. The summed E-state index contributed by atoms with van der Waals surface area (Å²) in [6.07, 6.45) is 1.82. The average molecular weight is 213 g/mol. The van der Waals surface area contributed by atoms with E-state index in [1.165, 1.54) is 4.90 Å². The molecule has 2 saturated heterocycles. The van der Waals surface area contributed by atoms with E-state index < -0.39 is 12.0 Å². The number of hydrogen-bond donors (Lipinski definition) is 1. The van der Waals surface area contributed by atoms with Crippen molar-refractivity contribution in [2.45, 2.75) is 25.3 Å². The van der Waals surface area contributed by atoms with E-state index >= 15 is 0 Å². The average Bonchev–Trinajstić information content (AvgIpc) is 2.59. The summed E-state index contributed by atoms with van der Waals surface area (Å²) in [5, 5.41) is 8.92. The fraction of sp³-hybridized carbons (Fsp3) is 0.800. The molecule has 2 rings (SSSR count). The zero-order valence-corrected chi connectivity index (χ0v) is 8.52. The Labute approximate surface area is 88.0 Å². The Hall–Kier alpha value is -1.10. The number of ether oxygens (including phenoxy) is 1. The third kappa shape index (κ3) is 2.12. The molecule has 0 aromatic carbocycles. The molecule has 1 amide bonds. The molecule has 2 aliphatic rings. The molecular formula is C10H15NO4. The van der Waals surface area contributed by atoms with Gasteiger partial charge in [0.15, 0.2) is 0 Å². The van der Waals surface area contributed by atoms with Crippen molar-refractivity contribution in [1.29, 1.82) is 0 Å². The summed E-state index contributed by atoms with van der Waals surface area (Å²) in [6.45, 7) is 1.86. The van der Waals surface area contributed by atoms with Gasteiger partial charge in [-0.1, -0.05) is 0 Å². The minimum atomic E-state index is -0.884. The number of carboxylic acids is 1. The van der Waals surface area contributed by atoms with Gasteiger partial charge in [0.1, 0.15) is 6.04 Å². The molecule has 2 heterocycles. The van der Waals surface area contributed by atoms with Crippen molar-refractivity contribution >= 4 is 11.9 Å². The summed E-state index contributed by atoms with van der Waals surface area (Å²) in [5.74, 6) is -0.619. The number of likely N-dealkylation sites (tertiary alicyclic amines) is 1. The van der Waals surface area contributed by atoms with Crippen LogP contribution in [-0.2, 0) is 14.3 Å². The first-order chi connectivity index (χ1) is 7.18. The quantitative estimate of drug-likeness (QED) is 0.722. The normalized spacial score (nSPS) is 26.4. The first-order valence-corrected chi connectivity index (χ1v) is 5.28. The Bertz CT molecular complexity index is 275. The summed E-state index contributed by atoms with van der Waals surface area (Å²) in [5.41, 5.74) is 0. The molecule has 0 radical (unpaired) electrons. The fourth-order valence-corrected chi connectivity index (χ4v) is 2.09. The van der Waals surface area contributed by atoms with Crippen LogP contribution in [-0.4, -0.2) is 47.7 Å². The minimum absolute atomic E-state index is 0.0341. The third-order valence-electron chi connectivity index (χ3n) is 3.03. The van der Waals surface area contributed by atoms with Crippen LogP contribution in [0.5, 0.6) is 0 Å². The highest BCUT2D eigenvalue weighted by molar-refractivity contribution is 5.84. The second kappa shape index (κ2) is 4.18. The monoisotopic (exact) mass is 213 g/mol. The fourth-order valence-electron chi connectivity index (χ4n) is 2.09. The molecular weight excluding hydrogens is 198 g/mol. The lowest BCUT2D eigenvalue weighted by Crippen LogP contribution is -2.43. The van der Waals surface area contributed by atoms with Gasteiger partial charge in [0.2, 0.25) is 5.91 Å². The summed E-state index contributed by atoms with van der Waals surface area (Å²) in [6, 6.07) is -0.599. The summed E-state index contributed by atoms with van der Waals surface area (Å²) < 4.78 is 4.99. The Morgan fingerprint density at radius 2 is 2.13 bits per heavy atom. The van der Waals surface area contributed by atoms with E-state index in [2.05, 4.69) is 0 Å². The molecule has 5 heteroatoms. The van der Waals surface area contributed by atoms with Crippen molar-refractivity contribution in [1.82, 2.24) is 4.90 Å². The van der Waals surface area contributed by atoms with Crippen LogP contribution in [0.3, 0.4) is 0 Å². The molecule has 0 spiro atoms. The number of rotatable bonds is 3. The lowest BCUT2D eigenvalue weighted by molar-refractivity contribution is -0.150. The van der Waals surface area contributed by atoms with Gasteiger partial charge in [0.25, 0.3) is 0 Å². The predicted octanol–water partition coefficient (Wildman–Crippen LogP) is 0.0985. The molecule has 15 heavy (non-hydrogen) atoms. The number of carbonyl (C=O) groups is 2. The Kier molecular flexibility index (Phi) is 2.90. The van der Waals surface area contributed by atoms with Crippen molar-refractivity contribution in [3.05, 3.63) is 0 Å². The highest BCUT2D eigenvalue weighted by atomic mass is 16.5. The van der Waals surface area contributed by atoms with Gasteiger partial charge in [-0.25, -0.2) is 4.79 Å². The predicted molar refractivity (Wildman–Crippen MR) is 51.3 cm³/mol. The number of hydrogen-bond acceptors (Lipinski definition) is 3. The maximum absolute atomic E-state index is 11.8. The van der Waals surface area contributed by atoms with Crippen LogP contribution in [0.2, 0.25) is 0 Å². The zero-order valence-electron chi connectivity index (χ0n) is 8.52. The van der Waals surface area contributed by atoms with E-state index in [1.807, 2.05) is 0 Å². The highest BCUT2D eigenvalue weighted by Crippen LogP contribution is 2.22. The maximum atomic E-state index is 11.8. The van der Waals surface area contributed by atoms with Crippen molar-refractivity contribution in [2.75, 3.05) is 19.8 Å². The van der Waals surface area contributed by atoms with Gasteiger partial charge < -0.3 is 14.7 Å². The van der Waals surface area contributed by atoms with Crippen LogP contribution >= 0.6 is 0 Å². The van der Waals surface area contributed by atoms with Crippen LogP contribution in [0.15, 0.2) is 0 Å². The van der Waals surface area contributed by atoms with Crippen LogP contribution in [0, 0.1) is 5.92 Å². The van der Waals surface area contributed by atoms with Crippen molar-refractivity contribution in [3.63, 3.8) is 0 Å². The molecule has 0 bridgehead atoms. The van der Waals surface area contributed by atoms with Gasteiger partial charge in [0, 0.05) is 18.9 Å². The second-order valence-electron chi connectivity index (χ2n) is 4.19. The molecule has 0 aromatic rings. The molecule has 0 aliphatic carbocycles. The van der Waals surface area contributed by atoms with Crippen molar-refractivity contribution in [2.24, 2.45) is 5.92 Å². The summed E-state index contributed by atoms with van der Waals surface area (Å²) >= 11 is 0. The SMILES string of the molecule is O=C(O)C1CCCN1C(=O)CC1COC1. The molecule has 84 valence electrons. The Balaban J connectivity index is 1.90. The van der Waals surface area contributed by atoms with Crippen LogP contribution in [0.25, 0.3) is 0 Å². The van der Waals surface area contributed by atoms with Gasteiger partial charge in [-0.3, -0.25) is 4.79 Å². The van der Waals surface area contributed by atoms with E-state index in [-0.39, 0.29) is 5.91 Å². The van der Waals surface area contributed by atoms with Crippen molar-refractivity contribution in [3.8, 4) is 0 Å². The molecule has 2 aliphatic heterocycles. The second-order valence-corrected chi connectivity index (χ2v) is 4.19.